The zero-order valence-electron chi connectivity index (χ0n) is 18.9. The first-order chi connectivity index (χ1) is 17.5. The molecule has 0 fully saturated rings. The van der Waals surface area contributed by atoms with Gasteiger partial charge in [-0.2, -0.15) is 8.78 Å². The smallest absolute Gasteiger partial charge is 0.284 e. The highest BCUT2D eigenvalue weighted by Gasteiger charge is 2.27. The molecule has 12 heteroatoms. The Bertz CT molecular complexity index is 1590. The normalized spacial score (nSPS) is 11.2. The van der Waals surface area contributed by atoms with Gasteiger partial charge in [0.25, 0.3) is 11.6 Å². The lowest BCUT2D eigenvalue weighted by atomic mass is 10.0. The van der Waals surface area contributed by atoms with E-state index in [0.717, 1.165) is 25.1 Å². The van der Waals surface area contributed by atoms with Gasteiger partial charge in [-0.25, -0.2) is 18.7 Å². The van der Waals surface area contributed by atoms with Crippen molar-refractivity contribution in [3.05, 3.63) is 111 Å². The van der Waals surface area contributed by atoms with E-state index in [1.807, 2.05) is 0 Å². The summed E-state index contributed by atoms with van der Waals surface area (Å²) >= 11 is 2.83. The van der Waals surface area contributed by atoms with Crippen LogP contribution in [-0.4, -0.2) is 24.3 Å². The van der Waals surface area contributed by atoms with Crippen LogP contribution in [0.4, 0.5) is 23.2 Å². The number of non-ortho nitro benzene ring substituents is 1. The minimum Gasteiger partial charge on any atom is -0.284 e. The van der Waals surface area contributed by atoms with Crippen molar-refractivity contribution in [2.75, 3.05) is 0 Å². The van der Waals surface area contributed by atoms with Crippen LogP contribution in [0, 0.1) is 21.7 Å². The summed E-state index contributed by atoms with van der Waals surface area (Å²) in [5, 5.41) is 10.1. The quantitative estimate of drug-likeness (QED) is 0.129. The number of fused-ring (bicyclic) bond motifs is 1. The standard InChI is InChI=1S/C19H13F3N4.C6H3BrFNO2/c1-19(21,22)17-6-8-26-16(11-24-18(26)25-17)12-4-5-15(20)14(9-12)13-3-2-7-23-10-13;7-5-3-4(9(10)11)1-2-6(5)8/h2-11H,1H3;1-3H. The molecule has 0 N–H and O–H groups in total. The van der Waals surface area contributed by atoms with Gasteiger partial charge in [-0.05, 0) is 52.3 Å². The van der Waals surface area contributed by atoms with E-state index in [0.29, 0.717) is 22.4 Å². The Balaban J connectivity index is 0.000000245. The second-order valence-corrected chi connectivity index (χ2v) is 8.66. The van der Waals surface area contributed by atoms with Gasteiger partial charge in [0.1, 0.15) is 17.3 Å². The molecule has 5 aromatic rings. The van der Waals surface area contributed by atoms with Crippen molar-refractivity contribution in [1.29, 1.82) is 0 Å². The number of imidazole rings is 1. The van der Waals surface area contributed by atoms with Crippen LogP contribution in [0.25, 0.3) is 28.2 Å². The molecule has 0 radical (unpaired) electrons. The fourth-order valence-electron chi connectivity index (χ4n) is 3.36. The lowest BCUT2D eigenvalue weighted by Gasteiger charge is -2.10. The fraction of sp³-hybridized carbons (Fsp3) is 0.0800. The third-order valence-electron chi connectivity index (χ3n) is 5.18. The molecule has 0 aliphatic heterocycles. The zero-order valence-corrected chi connectivity index (χ0v) is 20.5. The maximum atomic E-state index is 14.2. The number of nitro groups is 1. The van der Waals surface area contributed by atoms with E-state index in [1.165, 1.54) is 24.5 Å². The van der Waals surface area contributed by atoms with Crippen molar-refractivity contribution in [2.24, 2.45) is 0 Å². The molecule has 188 valence electrons. The molecule has 0 unspecified atom stereocenters. The number of benzene rings is 2. The molecule has 7 nitrogen and oxygen atoms in total. The topological polar surface area (TPSA) is 86.2 Å². The van der Waals surface area contributed by atoms with Crippen molar-refractivity contribution in [2.45, 2.75) is 12.8 Å². The van der Waals surface area contributed by atoms with E-state index in [9.17, 15) is 27.7 Å². The monoisotopic (exact) mass is 573 g/mol. The lowest BCUT2D eigenvalue weighted by molar-refractivity contribution is -0.385. The molecule has 0 aliphatic rings. The van der Waals surface area contributed by atoms with Gasteiger partial charge in [-0.3, -0.25) is 19.5 Å². The summed E-state index contributed by atoms with van der Waals surface area (Å²) in [4.78, 5) is 21.6. The van der Waals surface area contributed by atoms with Crippen molar-refractivity contribution >= 4 is 27.4 Å². The van der Waals surface area contributed by atoms with Gasteiger partial charge < -0.3 is 0 Å². The summed E-state index contributed by atoms with van der Waals surface area (Å²) in [7, 11) is 0. The van der Waals surface area contributed by atoms with Gasteiger partial charge in [-0.15, -0.1) is 0 Å². The molecule has 0 amide bonds. The Morgan fingerprint density at radius 1 is 1.00 bits per heavy atom. The van der Waals surface area contributed by atoms with Crippen LogP contribution in [0.3, 0.4) is 0 Å². The summed E-state index contributed by atoms with van der Waals surface area (Å²) in [6, 6.07) is 12.7. The van der Waals surface area contributed by atoms with E-state index >= 15 is 0 Å². The summed E-state index contributed by atoms with van der Waals surface area (Å²) < 4.78 is 55.3. The number of nitrogens with zero attached hydrogens (tertiary/aromatic N) is 5. The van der Waals surface area contributed by atoms with Gasteiger partial charge >= 0.3 is 0 Å². The van der Waals surface area contributed by atoms with E-state index in [4.69, 9.17) is 0 Å². The van der Waals surface area contributed by atoms with Crippen molar-refractivity contribution in [1.82, 2.24) is 19.4 Å². The van der Waals surface area contributed by atoms with Crippen LogP contribution >= 0.6 is 15.9 Å². The minimum absolute atomic E-state index is 0.103. The number of hydrogen-bond donors (Lipinski definition) is 0. The summed E-state index contributed by atoms with van der Waals surface area (Å²) in [5.74, 6) is -3.76. The number of pyridine rings is 1. The average molecular weight is 574 g/mol. The fourth-order valence-corrected chi connectivity index (χ4v) is 3.72. The second-order valence-electron chi connectivity index (χ2n) is 7.81. The maximum absolute atomic E-state index is 14.2. The average Bonchev–Trinajstić information content (AvgIpc) is 3.30. The van der Waals surface area contributed by atoms with E-state index in [-0.39, 0.29) is 27.4 Å². The number of nitro benzene ring substituents is 1. The Morgan fingerprint density at radius 2 is 1.76 bits per heavy atom. The first-order valence-corrected chi connectivity index (χ1v) is 11.4. The molecule has 0 saturated heterocycles. The molecular formula is C25H16BrF4N5O2. The third kappa shape index (κ3) is 5.80. The molecule has 0 bridgehead atoms. The Labute approximate surface area is 215 Å². The SMILES string of the molecule is CC(F)(F)c1ccn2c(-c3ccc(F)c(-c4cccnc4)c3)cnc2n1.O=[N+]([O-])c1ccc(F)c(Br)c1. The third-order valence-corrected chi connectivity index (χ3v) is 5.79. The number of aromatic nitrogens is 4. The van der Waals surface area contributed by atoms with Crippen LogP contribution in [0.1, 0.15) is 12.6 Å². The number of halogens is 5. The molecule has 5 rings (SSSR count). The van der Waals surface area contributed by atoms with Gasteiger partial charge in [0.15, 0.2) is 0 Å². The second kappa shape index (κ2) is 10.4. The van der Waals surface area contributed by atoms with Crippen molar-refractivity contribution < 1.29 is 22.5 Å². The highest BCUT2D eigenvalue weighted by Crippen LogP contribution is 2.30. The summed E-state index contributed by atoms with van der Waals surface area (Å²) in [5.41, 5.74) is 1.89. The molecule has 0 saturated carbocycles. The van der Waals surface area contributed by atoms with Gasteiger partial charge in [0.05, 0.1) is 21.3 Å². The molecule has 0 atom stereocenters. The largest absolute Gasteiger partial charge is 0.287 e. The first-order valence-electron chi connectivity index (χ1n) is 10.6. The number of hydrogen-bond acceptors (Lipinski definition) is 5. The molecule has 37 heavy (non-hydrogen) atoms. The first kappa shape index (κ1) is 25.9. The van der Waals surface area contributed by atoms with Crippen molar-refractivity contribution in [3.8, 4) is 22.4 Å². The van der Waals surface area contributed by atoms with Gasteiger partial charge in [-0.1, -0.05) is 6.07 Å². The van der Waals surface area contributed by atoms with Crippen LogP contribution in [-0.2, 0) is 5.92 Å². The van der Waals surface area contributed by atoms with Crippen LogP contribution in [0.2, 0.25) is 0 Å². The van der Waals surface area contributed by atoms with Crippen LogP contribution in [0.5, 0.6) is 0 Å². The van der Waals surface area contributed by atoms with Gasteiger partial charge in [0, 0.05) is 54.3 Å². The zero-order chi connectivity index (χ0) is 26.7. The Hall–Kier alpha value is -4.19. The molecule has 3 aromatic heterocycles. The highest BCUT2D eigenvalue weighted by molar-refractivity contribution is 9.10. The van der Waals surface area contributed by atoms with E-state index in [1.54, 1.807) is 41.1 Å². The number of alkyl halides is 2. The Morgan fingerprint density at radius 3 is 2.41 bits per heavy atom. The predicted octanol–water partition coefficient (Wildman–Crippen LogP) is 7.21. The number of rotatable bonds is 4. The predicted molar refractivity (Wildman–Crippen MR) is 132 cm³/mol. The van der Waals surface area contributed by atoms with Crippen LogP contribution < -0.4 is 0 Å². The van der Waals surface area contributed by atoms with Gasteiger partial charge in [0.2, 0.25) is 5.78 Å². The van der Waals surface area contributed by atoms with E-state index < -0.39 is 16.7 Å². The Kier molecular flexibility index (Phi) is 7.30. The molecular weight excluding hydrogens is 558 g/mol. The summed E-state index contributed by atoms with van der Waals surface area (Å²) in [6.45, 7) is 0.788. The molecule has 0 aliphatic carbocycles. The highest BCUT2D eigenvalue weighted by atomic mass is 79.9. The van der Waals surface area contributed by atoms with Crippen molar-refractivity contribution in [3.63, 3.8) is 0 Å². The maximum Gasteiger partial charge on any atom is 0.287 e. The van der Waals surface area contributed by atoms with Crippen LogP contribution in [0.15, 0.2) is 83.9 Å². The minimum atomic E-state index is -3.04. The molecule has 0 spiro atoms. The molecule has 2 aromatic carbocycles. The lowest BCUT2D eigenvalue weighted by Crippen LogP contribution is -2.10. The summed E-state index contributed by atoms with van der Waals surface area (Å²) in [6.07, 6.45) is 6.21. The molecule has 3 heterocycles. The van der Waals surface area contributed by atoms with E-state index in [2.05, 4.69) is 30.9 Å².